The predicted molar refractivity (Wildman–Crippen MR) is 60.6 cm³/mol. The third-order valence-electron chi connectivity index (χ3n) is 2.22. The highest BCUT2D eigenvalue weighted by atomic mass is 35.5. The number of aromatic hydroxyl groups is 1. The van der Waals surface area contributed by atoms with Gasteiger partial charge in [-0.2, -0.15) is 9.78 Å². The van der Waals surface area contributed by atoms with Gasteiger partial charge in [0.05, 0.1) is 5.69 Å². The molecule has 0 aliphatic heterocycles. The van der Waals surface area contributed by atoms with Crippen molar-refractivity contribution in [3.05, 3.63) is 28.5 Å². The summed E-state index contributed by atoms with van der Waals surface area (Å²) in [6, 6.07) is 3.07. The molecule has 0 saturated carbocycles. The van der Waals surface area contributed by atoms with Crippen molar-refractivity contribution in [2.24, 2.45) is 0 Å². The van der Waals surface area contributed by atoms with Crippen LogP contribution in [-0.4, -0.2) is 30.9 Å². The number of ketones is 1. The van der Waals surface area contributed by atoms with Crippen molar-refractivity contribution in [1.82, 2.24) is 20.0 Å². The van der Waals surface area contributed by atoms with Gasteiger partial charge >= 0.3 is 0 Å². The number of carbonyl (C=O) groups is 1. The van der Waals surface area contributed by atoms with E-state index >= 15 is 0 Å². The van der Waals surface area contributed by atoms with Gasteiger partial charge in [-0.25, -0.2) is 0 Å². The lowest BCUT2D eigenvalue weighted by Crippen LogP contribution is -2.00. The van der Waals surface area contributed by atoms with E-state index in [1.54, 1.807) is 13.0 Å². The smallest absolute Gasteiger partial charge is 0.227 e. The molecule has 0 radical (unpaired) electrons. The topological polar surface area (TPSA) is 80.9 Å². The van der Waals surface area contributed by atoms with Crippen molar-refractivity contribution >= 4 is 17.4 Å². The van der Waals surface area contributed by atoms with Gasteiger partial charge in [-0.15, -0.1) is 10.2 Å². The molecule has 0 unspecified atom stereocenters. The summed E-state index contributed by atoms with van der Waals surface area (Å²) in [5.74, 6) is -0.206. The number of halogens is 1. The van der Waals surface area contributed by atoms with E-state index in [0.717, 1.165) is 4.68 Å². The molecule has 1 N–H and O–H groups in total. The molecule has 2 aromatic heterocycles. The van der Waals surface area contributed by atoms with Crippen LogP contribution in [0.25, 0.3) is 5.82 Å². The van der Waals surface area contributed by atoms with Gasteiger partial charge in [0.2, 0.25) is 5.88 Å². The van der Waals surface area contributed by atoms with E-state index in [1.807, 2.05) is 0 Å². The van der Waals surface area contributed by atoms with Crippen molar-refractivity contribution in [2.75, 3.05) is 0 Å². The standard InChI is InChI=1S/C10H9ClN4O2/c1-5-9(6(2)16)10(17)15(14-5)8-4-3-7(11)12-13-8/h3-4,17H,1-2H3. The largest absolute Gasteiger partial charge is 0.493 e. The lowest BCUT2D eigenvalue weighted by atomic mass is 10.2. The summed E-state index contributed by atoms with van der Waals surface area (Å²) >= 11 is 5.61. The fourth-order valence-corrected chi connectivity index (χ4v) is 1.61. The zero-order valence-corrected chi connectivity index (χ0v) is 9.93. The fraction of sp³-hybridized carbons (Fsp3) is 0.200. The van der Waals surface area contributed by atoms with Crippen molar-refractivity contribution in [3.63, 3.8) is 0 Å². The summed E-state index contributed by atoms with van der Waals surface area (Å²) in [4.78, 5) is 11.3. The molecule has 0 fully saturated rings. The normalized spacial score (nSPS) is 10.5. The van der Waals surface area contributed by atoms with Crippen LogP contribution in [0.5, 0.6) is 5.88 Å². The summed E-state index contributed by atoms with van der Waals surface area (Å²) in [5.41, 5.74) is 0.619. The SMILES string of the molecule is CC(=O)c1c(C)nn(-c2ccc(Cl)nn2)c1O. The van der Waals surface area contributed by atoms with Crippen LogP contribution in [0.3, 0.4) is 0 Å². The minimum Gasteiger partial charge on any atom is -0.493 e. The highest BCUT2D eigenvalue weighted by Crippen LogP contribution is 2.23. The van der Waals surface area contributed by atoms with Gasteiger partial charge in [0.15, 0.2) is 16.8 Å². The Balaban J connectivity index is 2.57. The molecule has 2 heterocycles. The lowest BCUT2D eigenvalue weighted by Gasteiger charge is -2.00. The van der Waals surface area contributed by atoms with Crippen molar-refractivity contribution < 1.29 is 9.90 Å². The van der Waals surface area contributed by atoms with Crippen LogP contribution in [0, 0.1) is 6.92 Å². The second-order valence-corrected chi connectivity index (χ2v) is 3.85. The third kappa shape index (κ3) is 1.99. The summed E-state index contributed by atoms with van der Waals surface area (Å²) in [6.45, 7) is 3.00. The molecule has 0 bridgehead atoms. The van der Waals surface area contributed by atoms with Gasteiger partial charge in [0.1, 0.15) is 5.56 Å². The Bertz CT molecular complexity index is 577. The van der Waals surface area contributed by atoms with Crippen LogP contribution < -0.4 is 0 Å². The fourth-order valence-electron chi connectivity index (χ4n) is 1.51. The molecule has 17 heavy (non-hydrogen) atoms. The predicted octanol–water partition coefficient (Wildman–Crippen LogP) is 1.53. The molecular formula is C10H9ClN4O2. The zero-order chi connectivity index (χ0) is 12.6. The number of carbonyl (C=O) groups excluding carboxylic acids is 1. The van der Waals surface area contributed by atoms with E-state index in [9.17, 15) is 9.90 Å². The second kappa shape index (κ2) is 4.14. The maximum Gasteiger partial charge on any atom is 0.227 e. The number of Topliss-reactive ketones (excluding diaryl/α,β-unsaturated/α-hetero) is 1. The lowest BCUT2D eigenvalue weighted by molar-refractivity contribution is 0.101. The van der Waals surface area contributed by atoms with Gasteiger partial charge in [-0.3, -0.25) is 4.79 Å². The molecule has 2 rings (SSSR count). The summed E-state index contributed by atoms with van der Waals surface area (Å²) < 4.78 is 1.15. The van der Waals surface area contributed by atoms with Gasteiger partial charge in [0.25, 0.3) is 0 Å². The molecule has 88 valence electrons. The first-order valence-electron chi connectivity index (χ1n) is 4.80. The van der Waals surface area contributed by atoms with Gasteiger partial charge in [0, 0.05) is 0 Å². The molecule has 0 saturated heterocycles. The summed E-state index contributed by atoms with van der Waals surface area (Å²) in [5, 5.41) is 21.6. The molecular weight excluding hydrogens is 244 g/mol. The van der Waals surface area contributed by atoms with E-state index in [4.69, 9.17) is 11.6 Å². The van der Waals surface area contributed by atoms with Crippen LogP contribution >= 0.6 is 11.6 Å². The highest BCUT2D eigenvalue weighted by Gasteiger charge is 2.19. The Kier molecular flexibility index (Phi) is 2.81. The molecule has 0 aliphatic carbocycles. The number of hydrogen-bond acceptors (Lipinski definition) is 5. The molecule has 2 aromatic rings. The first-order chi connectivity index (χ1) is 8.00. The van der Waals surface area contributed by atoms with E-state index in [0.29, 0.717) is 11.5 Å². The first kappa shape index (κ1) is 11.5. The van der Waals surface area contributed by atoms with E-state index in [-0.39, 0.29) is 22.4 Å². The second-order valence-electron chi connectivity index (χ2n) is 3.47. The van der Waals surface area contributed by atoms with Gasteiger partial charge in [-0.05, 0) is 26.0 Å². The zero-order valence-electron chi connectivity index (χ0n) is 9.18. The number of aromatic nitrogens is 4. The van der Waals surface area contributed by atoms with E-state index < -0.39 is 0 Å². The molecule has 0 spiro atoms. The molecule has 0 aliphatic rings. The van der Waals surface area contributed by atoms with Crippen LogP contribution in [-0.2, 0) is 0 Å². The minimum absolute atomic E-state index is 0.182. The van der Waals surface area contributed by atoms with E-state index in [1.165, 1.54) is 13.0 Å². The third-order valence-corrected chi connectivity index (χ3v) is 2.42. The Morgan fingerprint density at radius 2 is 2.12 bits per heavy atom. The molecule has 6 nitrogen and oxygen atoms in total. The Morgan fingerprint density at radius 1 is 1.41 bits per heavy atom. The Labute approximate surface area is 102 Å². The van der Waals surface area contributed by atoms with Gasteiger partial charge in [-0.1, -0.05) is 11.6 Å². The molecule has 7 heteroatoms. The Morgan fingerprint density at radius 3 is 2.59 bits per heavy atom. The van der Waals surface area contributed by atoms with Crippen molar-refractivity contribution in [2.45, 2.75) is 13.8 Å². The van der Waals surface area contributed by atoms with Crippen LogP contribution in [0.2, 0.25) is 5.15 Å². The van der Waals surface area contributed by atoms with Crippen molar-refractivity contribution in [3.8, 4) is 11.7 Å². The van der Waals surface area contributed by atoms with Crippen LogP contribution in [0.1, 0.15) is 23.0 Å². The Hall–Kier alpha value is -1.95. The maximum atomic E-state index is 11.3. The monoisotopic (exact) mass is 252 g/mol. The van der Waals surface area contributed by atoms with E-state index in [2.05, 4.69) is 15.3 Å². The maximum absolute atomic E-state index is 11.3. The first-order valence-corrected chi connectivity index (χ1v) is 5.17. The summed E-state index contributed by atoms with van der Waals surface area (Å²) in [6.07, 6.45) is 0. The van der Waals surface area contributed by atoms with Crippen LogP contribution in [0.4, 0.5) is 0 Å². The number of hydrogen-bond donors (Lipinski definition) is 1. The minimum atomic E-state index is -0.256. The molecule has 0 amide bonds. The molecule has 0 atom stereocenters. The summed E-state index contributed by atoms with van der Waals surface area (Å²) in [7, 11) is 0. The van der Waals surface area contributed by atoms with Crippen molar-refractivity contribution in [1.29, 1.82) is 0 Å². The molecule has 0 aromatic carbocycles. The number of aryl methyl sites for hydroxylation is 1. The number of rotatable bonds is 2. The van der Waals surface area contributed by atoms with Gasteiger partial charge < -0.3 is 5.11 Å². The van der Waals surface area contributed by atoms with Crippen LogP contribution in [0.15, 0.2) is 12.1 Å². The highest BCUT2D eigenvalue weighted by molar-refractivity contribution is 6.29. The average molecular weight is 253 g/mol. The number of nitrogens with zero attached hydrogens (tertiary/aromatic N) is 4. The average Bonchev–Trinajstić information content (AvgIpc) is 2.55. The quantitative estimate of drug-likeness (QED) is 0.820.